The molecule has 132 valence electrons. The van der Waals surface area contributed by atoms with E-state index in [9.17, 15) is 13.2 Å². The van der Waals surface area contributed by atoms with Crippen LogP contribution in [0.3, 0.4) is 0 Å². The highest BCUT2D eigenvalue weighted by Gasteiger charge is 2.30. The van der Waals surface area contributed by atoms with Gasteiger partial charge in [0.15, 0.2) is 0 Å². The Bertz CT molecular complexity index is 1100. The molecule has 0 fully saturated rings. The average molecular weight is 369 g/mol. The SMILES string of the molecule is O=c1[nH]c(-c2cccnc2)nc2c1CCN(S(=O)(=O)c1cccnc1)C2. The van der Waals surface area contributed by atoms with Crippen molar-refractivity contribution in [1.29, 1.82) is 0 Å². The van der Waals surface area contributed by atoms with Crippen molar-refractivity contribution in [2.24, 2.45) is 0 Å². The van der Waals surface area contributed by atoms with E-state index in [2.05, 4.69) is 19.9 Å². The van der Waals surface area contributed by atoms with Crippen LogP contribution in [-0.2, 0) is 23.0 Å². The molecular formula is C17H15N5O3S. The molecule has 1 N–H and O–H groups in total. The second kappa shape index (κ2) is 6.43. The largest absolute Gasteiger partial charge is 0.306 e. The van der Waals surface area contributed by atoms with Gasteiger partial charge in [-0.25, -0.2) is 13.4 Å². The van der Waals surface area contributed by atoms with Gasteiger partial charge in [0.2, 0.25) is 10.0 Å². The molecule has 4 rings (SSSR count). The van der Waals surface area contributed by atoms with Crippen LogP contribution in [0.4, 0.5) is 0 Å². The number of aromatic amines is 1. The van der Waals surface area contributed by atoms with E-state index >= 15 is 0 Å². The first kappa shape index (κ1) is 16.6. The maximum atomic E-state index is 12.8. The van der Waals surface area contributed by atoms with Crippen molar-refractivity contribution in [2.75, 3.05) is 6.54 Å². The lowest BCUT2D eigenvalue weighted by Crippen LogP contribution is -2.39. The summed E-state index contributed by atoms with van der Waals surface area (Å²) < 4.78 is 26.9. The summed E-state index contributed by atoms with van der Waals surface area (Å²) in [6.45, 7) is 0.269. The van der Waals surface area contributed by atoms with Crippen LogP contribution in [0.1, 0.15) is 11.3 Å². The number of aromatic nitrogens is 4. The molecule has 0 bridgehead atoms. The Kier molecular flexibility index (Phi) is 4.09. The monoisotopic (exact) mass is 369 g/mol. The highest BCUT2D eigenvalue weighted by atomic mass is 32.2. The van der Waals surface area contributed by atoms with Gasteiger partial charge in [0, 0.05) is 42.5 Å². The summed E-state index contributed by atoms with van der Waals surface area (Å²) in [5, 5.41) is 0. The molecule has 1 aliphatic heterocycles. The van der Waals surface area contributed by atoms with E-state index in [1.54, 1.807) is 30.6 Å². The molecule has 8 nitrogen and oxygen atoms in total. The Hall–Kier alpha value is -2.91. The predicted octanol–water partition coefficient (Wildman–Crippen LogP) is 0.974. The summed E-state index contributed by atoms with van der Waals surface area (Å²) in [4.78, 5) is 27.6. The van der Waals surface area contributed by atoms with Crippen LogP contribution >= 0.6 is 0 Å². The van der Waals surface area contributed by atoms with Crippen molar-refractivity contribution in [2.45, 2.75) is 17.9 Å². The lowest BCUT2D eigenvalue weighted by atomic mass is 10.1. The molecule has 0 spiro atoms. The predicted molar refractivity (Wildman–Crippen MR) is 93.6 cm³/mol. The first-order valence-electron chi connectivity index (χ1n) is 7.98. The van der Waals surface area contributed by atoms with Crippen molar-refractivity contribution in [3.8, 4) is 11.4 Å². The number of fused-ring (bicyclic) bond motifs is 1. The standard InChI is InChI=1S/C17H15N5O3S/c23-17-14-5-8-22(26(24,25)13-4-2-7-19-10-13)11-15(14)20-16(21-17)12-3-1-6-18-9-12/h1-4,6-7,9-10H,5,8,11H2,(H,20,21,23). The van der Waals surface area contributed by atoms with E-state index in [1.165, 1.54) is 22.8 Å². The number of nitrogens with one attached hydrogen (secondary N) is 1. The highest BCUT2D eigenvalue weighted by molar-refractivity contribution is 7.89. The number of nitrogens with zero attached hydrogens (tertiary/aromatic N) is 4. The Morgan fingerprint density at radius 3 is 2.54 bits per heavy atom. The van der Waals surface area contributed by atoms with Gasteiger partial charge >= 0.3 is 0 Å². The number of pyridine rings is 2. The molecule has 0 saturated carbocycles. The first-order chi connectivity index (χ1) is 12.6. The molecule has 0 atom stereocenters. The fraction of sp³-hybridized carbons (Fsp3) is 0.176. The molecule has 0 radical (unpaired) electrons. The van der Waals surface area contributed by atoms with Gasteiger partial charge in [0.25, 0.3) is 5.56 Å². The normalized spacial score (nSPS) is 14.8. The molecule has 4 heterocycles. The van der Waals surface area contributed by atoms with E-state index in [-0.39, 0.29) is 23.5 Å². The summed E-state index contributed by atoms with van der Waals surface area (Å²) in [5.41, 5.74) is 1.41. The van der Waals surface area contributed by atoms with Gasteiger partial charge < -0.3 is 4.98 Å². The van der Waals surface area contributed by atoms with Crippen molar-refractivity contribution in [3.63, 3.8) is 0 Å². The molecule has 0 unspecified atom stereocenters. The van der Waals surface area contributed by atoms with E-state index in [0.717, 1.165) is 0 Å². The molecule has 1 aliphatic rings. The van der Waals surface area contributed by atoms with Crippen molar-refractivity contribution >= 4 is 10.0 Å². The summed E-state index contributed by atoms with van der Waals surface area (Å²) >= 11 is 0. The summed E-state index contributed by atoms with van der Waals surface area (Å²) in [5.74, 6) is 0.377. The van der Waals surface area contributed by atoms with Crippen LogP contribution in [0, 0.1) is 0 Å². The number of hydrogen-bond acceptors (Lipinski definition) is 6. The lowest BCUT2D eigenvalue weighted by molar-refractivity contribution is 0.383. The second-order valence-electron chi connectivity index (χ2n) is 5.86. The van der Waals surface area contributed by atoms with Crippen molar-refractivity contribution in [1.82, 2.24) is 24.2 Å². The van der Waals surface area contributed by atoms with Crippen molar-refractivity contribution < 1.29 is 8.42 Å². The zero-order valence-corrected chi connectivity index (χ0v) is 14.5. The number of sulfonamides is 1. The molecule has 0 saturated heterocycles. The summed E-state index contributed by atoms with van der Waals surface area (Å²) in [6.07, 6.45) is 6.37. The van der Waals surface area contributed by atoms with Gasteiger partial charge in [-0.2, -0.15) is 4.31 Å². The van der Waals surface area contributed by atoms with Gasteiger partial charge in [0.05, 0.1) is 12.2 Å². The van der Waals surface area contributed by atoms with Gasteiger partial charge in [-0.3, -0.25) is 14.8 Å². The van der Waals surface area contributed by atoms with Crippen LogP contribution in [0.25, 0.3) is 11.4 Å². The van der Waals surface area contributed by atoms with Gasteiger partial charge in [-0.1, -0.05) is 0 Å². The van der Waals surface area contributed by atoms with E-state index in [0.29, 0.717) is 29.1 Å². The van der Waals surface area contributed by atoms with Crippen LogP contribution in [0.5, 0.6) is 0 Å². The van der Waals surface area contributed by atoms with Gasteiger partial charge in [-0.05, 0) is 30.7 Å². The first-order valence-corrected chi connectivity index (χ1v) is 9.42. The maximum absolute atomic E-state index is 12.8. The van der Waals surface area contributed by atoms with Gasteiger partial charge in [0.1, 0.15) is 10.7 Å². The fourth-order valence-corrected chi connectivity index (χ4v) is 4.28. The zero-order chi connectivity index (χ0) is 18.1. The molecule has 9 heteroatoms. The third-order valence-electron chi connectivity index (χ3n) is 4.25. The number of H-pyrrole nitrogens is 1. The molecule has 3 aromatic heterocycles. The third kappa shape index (κ3) is 2.91. The zero-order valence-electron chi connectivity index (χ0n) is 13.7. The Morgan fingerprint density at radius 1 is 1.08 bits per heavy atom. The molecule has 0 aliphatic carbocycles. The minimum atomic E-state index is -3.69. The molecule has 26 heavy (non-hydrogen) atoms. The highest BCUT2D eigenvalue weighted by Crippen LogP contribution is 2.23. The van der Waals surface area contributed by atoms with Crippen LogP contribution in [0.2, 0.25) is 0 Å². The van der Waals surface area contributed by atoms with Crippen LogP contribution < -0.4 is 5.56 Å². The minimum absolute atomic E-state index is 0.0454. The molecule has 3 aromatic rings. The van der Waals surface area contributed by atoms with E-state index in [4.69, 9.17) is 0 Å². The fourth-order valence-electron chi connectivity index (χ4n) is 2.91. The Morgan fingerprint density at radius 2 is 1.85 bits per heavy atom. The topological polar surface area (TPSA) is 109 Å². The lowest BCUT2D eigenvalue weighted by Gasteiger charge is -2.27. The van der Waals surface area contributed by atoms with Crippen LogP contribution in [-0.4, -0.2) is 39.2 Å². The van der Waals surface area contributed by atoms with E-state index < -0.39 is 10.0 Å². The average Bonchev–Trinajstić information content (AvgIpc) is 2.69. The Labute approximate surface area is 149 Å². The summed E-state index contributed by atoms with van der Waals surface area (Å²) in [7, 11) is -3.69. The van der Waals surface area contributed by atoms with Gasteiger partial charge in [-0.15, -0.1) is 0 Å². The molecular weight excluding hydrogens is 354 g/mol. The molecule has 0 amide bonds. The maximum Gasteiger partial charge on any atom is 0.254 e. The minimum Gasteiger partial charge on any atom is -0.306 e. The van der Waals surface area contributed by atoms with Crippen LogP contribution in [0.15, 0.2) is 58.7 Å². The van der Waals surface area contributed by atoms with Crippen molar-refractivity contribution in [3.05, 3.63) is 70.7 Å². The molecule has 0 aromatic carbocycles. The number of hydrogen-bond donors (Lipinski definition) is 1. The third-order valence-corrected chi connectivity index (χ3v) is 6.07. The smallest absolute Gasteiger partial charge is 0.254 e. The number of rotatable bonds is 3. The van der Waals surface area contributed by atoms with E-state index in [1.807, 2.05) is 0 Å². The second-order valence-corrected chi connectivity index (χ2v) is 7.80. The summed E-state index contributed by atoms with van der Waals surface area (Å²) in [6, 6.07) is 6.61. The quantitative estimate of drug-likeness (QED) is 0.737. The Balaban J connectivity index is 1.73.